The maximum absolute atomic E-state index is 13.7. The van der Waals surface area contributed by atoms with Crippen molar-refractivity contribution in [3.63, 3.8) is 0 Å². The number of halogens is 9. The summed E-state index contributed by atoms with van der Waals surface area (Å²) < 4.78 is 105. The molecule has 0 atom stereocenters. The van der Waals surface area contributed by atoms with E-state index in [4.69, 9.17) is 0 Å². The van der Waals surface area contributed by atoms with Crippen LogP contribution in [-0.2, 0) is 6.18 Å². The summed E-state index contributed by atoms with van der Waals surface area (Å²) in [6, 6.07) is 2.87. The van der Waals surface area contributed by atoms with E-state index in [1.54, 1.807) is 0 Å². The molecule has 0 aliphatic carbocycles. The highest BCUT2D eigenvalue weighted by Gasteiger charge is 2.42. The molecule has 11 heteroatoms. The van der Waals surface area contributed by atoms with Crippen LogP contribution >= 0.6 is 15.9 Å². The van der Waals surface area contributed by atoms with Crippen LogP contribution in [0.5, 0.6) is 0 Å². The largest absolute Gasteiger partial charge is 0.422 e. The van der Waals surface area contributed by atoms with Gasteiger partial charge in [0, 0.05) is 4.47 Å². The van der Waals surface area contributed by atoms with Crippen molar-refractivity contribution in [1.82, 2.24) is 0 Å². The van der Waals surface area contributed by atoms with Crippen molar-refractivity contribution in [3.8, 4) is 0 Å². The summed E-state index contributed by atoms with van der Waals surface area (Å²) in [7, 11) is 0. The van der Waals surface area contributed by atoms with Crippen molar-refractivity contribution < 1.29 is 39.9 Å². The molecule has 0 aliphatic heterocycles. The van der Waals surface area contributed by atoms with E-state index in [0.29, 0.717) is 0 Å². The van der Waals surface area contributed by atoms with E-state index in [9.17, 15) is 39.9 Å². The van der Waals surface area contributed by atoms with Gasteiger partial charge in [-0.3, -0.25) is 4.79 Å². The van der Waals surface area contributed by atoms with E-state index in [1.165, 1.54) is 11.4 Å². The summed E-state index contributed by atoms with van der Waals surface area (Å²) in [6.45, 7) is 0. The second kappa shape index (κ2) is 6.62. The van der Waals surface area contributed by atoms with Gasteiger partial charge in [-0.2, -0.15) is 13.2 Å². The van der Waals surface area contributed by atoms with E-state index < -0.39 is 58.0 Å². The first-order chi connectivity index (χ1) is 11.4. The first-order valence-electron chi connectivity index (χ1n) is 6.14. The van der Waals surface area contributed by atoms with Gasteiger partial charge in [0.2, 0.25) is 0 Å². The van der Waals surface area contributed by atoms with Crippen LogP contribution in [0, 0.1) is 29.1 Å². The van der Waals surface area contributed by atoms with Crippen molar-refractivity contribution in [2.75, 3.05) is 5.32 Å². The highest BCUT2D eigenvalue weighted by atomic mass is 79.9. The zero-order valence-corrected chi connectivity index (χ0v) is 13.1. The number of anilines is 1. The van der Waals surface area contributed by atoms with Gasteiger partial charge < -0.3 is 5.32 Å². The molecule has 0 bridgehead atoms. The number of nitrogens with one attached hydrogen (secondary N) is 1. The molecule has 0 saturated heterocycles. The predicted octanol–water partition coefficient (Wildman–Crippen LogP) is 5.42. The number of hydrogen-bond acceptors (Lipinski definition) is 1. The lowest BCUT2D eigenvalue weighted by atomic mass is 10.1. The Balaban J connectivity index is 2.52. The molecule has 1 amide bonds. The summed E-state index contributed by atoms with van der Waals surface area (Å²) in [5.74, 6) is -13.1. The number of amides is 1. The van der Waals surface area contributed by atoms with Crippen LogP contribution in [-0.4, -0.2) is 5.91 Å². The number of hydrogen-bond donors (Lipinski definition) is 1. The second-order valence-corrected chi connectivity index (χ2v) is 5.50. The van der Waals surface area contributed by atoms with Gasteiger partial charge in [-0.05, 0) is 18.2 Å². The van der Waals surface area contributed by atoms with Gasteiger partial charge in [0.25, 0.3) is 5.91 Å². The van der Waals surface area contributed by atoms with Crippen molar-refractivity contribution >= 4 is 27.5 Å². The number of benzene rings is 2. The van der Waals surface area contributed by atoms with Crippen molar-refractivity contribution in [2.45, 2.75) is 6.18 Å². The summed E-state index contributed by atoms with van der Waals surface area (Å²) >= 11 is 2.88. The molecule has 25 heavy (non-hydrogen) atoms. The zero-order valence-electron chi connectivity index (χ0n) is 11.5. The number of alkyl halides is 3. The molecule has 2 nitrogen and oxygen atoms in total. The molecule has 1 N–H and O–H groups in total. The molecule has 0 heterocycles. The Labute approximate surface area is 142 Å². The van der Waals surface area contributed by atoms with Crippen LogP contribution in [0.4, 0.5) is 40.8 Å². The standard InChI is InChI=1S/C14H4BrF8NO/c15-4-1-2-5(6(16)3-4)13(25)24-12-10(19)8(17)7(14(21,22)23)9(18)11(12)20/h1-3H,(H,24,25). The van der Waals surface area contributed by atoms with Crippen LogP contribution in [0.2, 0.25) is 0 Å². The minimum atomic E-state index is -5.71. The normalized spacial score (nSPS) is 11.6. The fraction of sp³-hybridized carbons (Fsp3) is 0.0714. The van der Waals surface area contributed by atoms with Gasteiger partial charge in [-0.25, -0.2) is 22.0 Å². The average molecular weight is 434 g/mol. The van der Waals surface area contributed by atoms with Crippen molar-refractivity contribution in [1.29, 1.82) is 0 Å². The molecule has 0 saturated carbocycles. The van der Waals surface area contributed by atoms with Gasteiger partial charge >= 0.3 is 6.18 Å². The maximum atomic E-state index is 13.7. The molecule has 0 aromatic heterocycles. The van der Waals surface area contributed by atoms with E-state index in [0.717, 1.165) is 12.1 Å². The fourth-order valence-electron chi connectivity index (χ4n) is 1.84. The summed E-state index contributed by atoms with van der Waals surface area (Å²) in [6.07, 6.45) is -5.71. The molecule has 0 aliphatic rings. The Morgan fingerprint density at radius 3 is 1.88 bits per heavy atom. The van der Waals surface area contributed by atoms with E-state index in [2.05, 4.69) is 15.9 Å². The molecule has 2 aromatic carbocycles. The summed E-state index contributed by atoms with van der Waals surface area (Å²) in [4.78, 5) is 11.8. The molecule has 0 spiro atoms. The van der Waals surface area contributed by atoms with Gasteiger partial charge in [0.15, 0.2) is 23.3 Å². The predicted molar refractivity (Wildman–Crippen MR) is 73.3 cm³/mol. The van der Waals surface area contributed by atoms with Crippen molar-refractivity contribution in [3.05, 3.63) is 62.9 Å². The maximum Gasteiger partial charge on any atom is 0.422 e. The molecular formula is C14H4BrF8NO. The third-order valence-electron chi connectivity index (χ3n) is 2.96. The zero-order chi connectivity index (χ0) is 19.1. The smallest absolute Gasteiger partial charge is 0.317 e. The minimum Gasteiger partial charge on any atom is -0.317 e. The van der Waals surface area contributed by atoms with Gasteiger partial charge in [0.05, 0.1) is 5.56 Å². The van der Waals surface area contributed by atoms with Gasteiger partial charge in [0.1, 0.15) is 17.1 Å². The van der Waals surface area contributed by atoms with E-state index >= 15 is 0 Å². The monoisotopic (exact) mass is 433 g/mol. The molecule has 0 unspecified atom stereocenters. The van der Waals surface area contributed by atoms with Crippen molar-refractivity contribution in [2.24, 2.45) is 0 Å². The Bertz CT molecular complexity index is 836. The van der Waals surface area contributed by atoms with Crippen LogP contribution in [0.25, 0.3) is 0 Å². The Hall–Kier alpha value is -2.17. The summed E-state index contributed by atoms with van der Waals surface area (Å²) in [5, 5.41) is 1.32. The first-order valence-corrected chi connectivity index (χ1v) is 6.94. The average Bonchev–Trinajstić information content (AvgIpc) is 2.48. The molecule has 2 aromatic rings. The molecule has 134 valence electrons. The molecule has 0 radical (unpaired) electrons. The Kier molecular flexibility index (Phi) is 5.07. The third-order valence-corrected chi connectivity index (χ3v) is 3.45. The lowest BCUT2D eigenvalue weighted by Crippen LogP contribution is -2.21. The van der Waals surface area contributed by atoms with Gasteiger partial charge in [-0.15, -0.1) is 0 Å². The number of carbonyl (C=O) groups excluding carboxylic acids is 1. The molecule has 0 fully saturated rings. The lowest BCUT2D eigenvalue weighted by molar-refractivity contribution is -0.143. The third kappa shape index (κ3) is 3.60. The SMILES string of the molecule is O=C(Nc1c(F)c(F)c(C(F)(F)F)c(F)c1F)c1ccc(Br)cc1F. The lowest BCUT2D eigenvalue weighted by Gasteiger charge is -2.14. The Morgan fingerprint density at radius 2 is 1.44 bits per heavy atom. The van der Waals surface area contributed by atoms with Crippen LogP contribution in [0.3, 0.4) is 0 Å². The van der Waals surface area contributed by atoms with Crippen LogP contribution in [0.1, 0.15) is 15.9 Å². The number of carbonyl (C=O) groups is 1. The molecular weight excluding hydrogens is 430 g/mol. The quantitative estimate of drug-likeness (QED) is 0.497. The van der Waals surface area contributed by atoms with E-state index in [-0.39, 0.29) is 4.47 Å². The minimum absolute atomic E-state index is 0.213. The fourth-order valence-corrected chi connectivity index (χ4v) is 2.18. The van der Waals surface area contributed by atoms with Crippen LogP contribution < -0.4 is 5.32 Å². The van der Waals surface area contributed by atoms with E-state index in [1.807, 2.05) is 0 Å². The first kappa shape index (κ1) is 19.2. The highest BCUT2D eigenvalue weighted by Crippen LogP contribution is 2.38. The Morgan fingerprint density at radius 1 is 0.920 bits per heavy atom. The summed E-state index contributed by atoms with van der Waals surface area (Å²) in [5.41, 5.74) is -5.35. The number of rotatable bonds is 2. The van der Waals surface area contributed by atoms with Gasteiger partial charge in [-0.1, -0.05) is 15.9 Å². The van der Waals surface area contributed by atoms with Crippen LogP contribution in [0.15, 0.2) is 22.7 Å². The second-order valence-electron chi connectivity index (χ2n) is 4.58. The molecule has 2 rings (SSSR count). The highest BCUT2D eigenvalue weighted by molar-refractivity contribution is 9.10. The topological polar surface area (TPSA) is 29.1 Å².